The maximum atomic E-state index is 10.2. The molecule has 21 heavy (non-hydrogen) atoms. The van der Waals surface area contributed by atoms with Gasteiger partial charge in [-0.1, -0.05) is 12.2 Å². The minimum absolute atomic E-state index is 0.0231. The van der Waals surface area contributed by atoms with E-state index in [1.54, 1.807) is 0 Å². The summed E-state index contributed by atoms with van der Waals surface area (Å²) < 4.78 is 5.08. The molecule has 0 spiro atoms. The SMILES string of the molecule is O=C(O)C=CCC(O)=CCOCC=C(O)CC=CC(=O)O. The number of aliphatic hydroxyl groups is 2. The molecule has 0 bridgehead atoms. The highest BCUT2D eigenvalue weighted by atomic mass is 16.5. The predicted molar refractivity (Wildman–Crippen MR) is 75.0 cm³/mol. The van der Waals surface area contributed by atoms with Gasteiger partial charge in [-0.25, -0.2) is 9.59 Å². The Morgan fingerprint density at radius 3 is 1.48 bits per heavy atom. The van der Waals surface area contributed by atoms with Crippen LogP contribution in [0.25, 0.3) is 0 Å². The lowest BCUT2D eigenvalue weighted by Gasteiger charge is -1.99. The Morgan fingerprint density at radius 2 is 1.14 bits per heavy atom. The second-order valence-electron chi connectivity index (χ2n) is 3.82. The molecule has 0 saturated carbocycles. The lowest BCUT2D eigenvalue weighted by molar-refractivity contribution is -0.132. The van der Waals surface area contributed by atoms with Crippen LogP contribution in [0.15, 0.2) is 48.0 Å². The number of hydrogen-bond acceptors (Lipinski definition) is 5. The second kappa shape index (κ2) is 11.3. The third-order valence-electron chi connectivity index (χ3n) is 2.05. The van der Waals surface area contributed by atoms with E-state index < -0.39 is 11.9 Å². The van der Waals surface area contributed by atoms with Crippen LogP contribution < -0.4 is 0 Å². The summed E-state index contributed by atoms with van der Waals surface area (Å²) in [5, 5.41) is 35.4. The van der Waals surface area contributed by atoms with Gasteiger partial charge >= 0.3 is 11.9 Å². The maximum Gasteiger partial charge on any atom is 0.327 e. The summed E-state index contributed by atoms with van der Waals surface area (Å²) in [4.78, 5) is 20.4. The number of allylic oxidation sites excluding steroid dienone is 2. The van der Waals surface area contributed by atoms with Crippen LogP contribution in [0.2, 0.25) is 0 Å². The van der Waals surface area contributed by atoms with Gasteiger partial charge in [-0.15, -0.1) is 0 Å². The molecule has 0 unspecified atom stereocenters. The zero-order valence-corrected chi connectivity index (χ0v) is 11.3. The van der Waals surface area contributed by atoms with E-state index in [4.69, 9.17) is 14.9 Å². The molecule has 116 valence electrons. The van der Waals surface area contributed by atoms with Crippen molar-refractivity contribution in [1.82, 2.24) is 0 Å². The number of aliphatic hydroxyl groups excluding tert-OH is 2. The van der Waals surface area contributed by atoms with Crippen molar-refractivity contribution in [3.05, 3.63) is 48.0 Å². The molecule has 0 aliphatic heterocycles. The monoisotopic (exact) mass is 298 g/mol. The van der Waals surface area contributed by atoms with Crippen LogP contribution in [-0.4, -0.2) is 45.6 Å². The van der Waals surface area contributed by atoms with Crippen molar-refractivity contribution in [2.24, 2.45) is 0 Å². The van der Waals surface area contributed by atoms with Crippen molar-refractivity contribution < 1.29 is 34.8 Å². The lowest BCUT2D eigenvalue weighted by atomic mass is 10.3. The van der Waals surface area contributed by atoms with E-state index >= 15 is 0 Å². The van der Waals surface area contributed by atoms with Crippen molar-refractivity contribution in [2.45, 2.75) is 12.8 Å². The van der Waals surface area contributed by atoms with E-state index in [9.17, 15) is 19.8 Å². The van der Waals surface area contributed by atoms with E-state index in [2.05, 4.69) is 0 Å². The summed E-state index contributed by atoms with van der Waals surface area (Å²) in [6, 6.07) is 0. The number of carboxylic acid groups (broad SMARTS) is 2. The van der Waals surface area contributed by atoms with E-state index in [-0.39, 0.29) is 37.6 Å². The molecule has 0 aliphatic carbocycles. The van der Waals surface area contributed by atoms with Gasteiger partial charge in [-0.2, -0.15) is 0 Å². The first-order chi connectivity index (χ1) is 9.91. The Hall–Kier alpha value is -2.54. The van der Waals surface area contributed by atoms with Crippen molar-refractivity contribution in [3.63, 3.8) is 0 Å². The van der Waals surface area contributed by atoms with Gasteiger partial charge in [0.15, 0.2) is 0 Å². The standard InChI is InChI=1S/C14H18O7/c15-11(3-1-5-13(17)18)7-9-21-10-8-12(16)4-2-6-14(19)20/h1-2,5-8,15-16H,3-4,9-10H2,(H,17,18)(H,19,20). The van der Waals surface area contributed by atoms with Crippen molar-refractivity contribution >= 4 is 11.9 Å². The highest BCUT2D eigenvalue weighted by Gasteiger charge is 1.93. The van der Waals surface area contributed by atoms with Crippen molar-refractivity contribution in [3.8, 4) is 0 Å². The highest BCUT2D eigenvalue weighted by Crippen LogP contribution is 1.99. The van der Waals surface area contributed by atoms with Crippen LogP contribution in [0, 0.1) is 0 Å². The fraction of sp³-hybridized carbons (Fsp3) is 0.286. The first-order valence-corrected chi connectivity index (χ1v) is 6.04. The molecular formula is C14H18O7. The minimum atomic E-state index is -1.09. The summed E-state index contributed by atoms with van der Waals surface area (Å²) in [7, 11) is 0. The van der Waals surface area contributed by atoms with E-state index in [1.807, 2.05) is 0 Å². The van der Waals surface area contributed by atoms with Gasteiger partial charge in [0.05, 0.1) is 24.7 Å². The van der Waals surface area contributed by atoms with Gasteiger partial charge in [0.2, 0.25) is 0 Å². The van der Waals surface area contributed by atoms with Crippen molar-refractivity contribution in [1.29, 1.82) is 0 Å². The quantitative estimate of drug-likeness (QED) is 0.276. The molecule has 0 aromatic carbocycles. The average molecular weight is 298 g/mol. The fourth-order valence-electron chi connectivity index (χ4n) is 1.11. The molecule has 0 amide bonds. The van der Waals surface area contributed by atoms with Crippen LogP contribution in [0.4, 0.5) is 0 Å². The molecule has 0 radical (unpaired) electrons. The normalized spacial score (nSPS) is 13.1. The van der Waals surface area contributed by atoms with E-state index in [0.717, 1.165) is 12.2 Å². The van der Waals surface area contributed by atoms with Gasteiger partial charge in [-0.3, -0.25) is 0 Å². The van der Waals surface area contributed by atoms with Gasteiger partial charge in [0.1, 0.15) is 0 Å². The first kappa shape index (κ1) is 18.5. The molecule has 0 aromatic heterocycles. The zero-order valence-electron chi connectivity index (χ0n) is 11.3. The third-order valence-corrected chi connectivity index (χ3v) is 2.05. The minimum Gasteiger partial charge on any atom is -0.512 e. The lowest BCUT2D eigenvalue weighted by Crippen LogP contribution is -1.95. The maximum absolute atomic E-state index is 10.2. The summed E-state index contributed by atoms with van der Waals surface area (Å²) >= 11 is 0. The molecule has 0 rings (SSSR count). The molecule has 0 heterocycles. The number of carbonyl (C=O) groups is 2. The molecule has 7 nitrogen and oxygen atoms in total. The van der Waals surface area contributed by atoms with Crippen molar-refractivity contribution in [2.75, 3.05) is 13.2 Å². The zero-order chi connectivity index (χ0) is 16.1. The molecule has 0 aromatic rings. The summed E-state index contributed by atoms with van der Waals surface area (Å²) in [6.07, 6.45) is 7.40. The van der Waals surface area contributed by atoms with Gasteiger partial charge < -0.3 is 25.2 Å². The van der Waals surface area contributed by atoms with E-state index in [1.165, 1.54) is 24.3 Å². The molecule has 0 aliphatic rings. The highest BCUT2D eigenvalue weighted by molar-refractivity contribution is 5.80. The Bertz CT molecular complexity index is 416. The summed E-state index contributed by atoms with van der Waals surface area (Å²) in [5.41, 5.74) is 0. The smallest absolute Gasteiger partial charge is 0.327 e. The van der Waals surface area contributed by atoms with Gasteiger partial charge in [0.25, 0.3) is 0 Å². The Labute approximate surface area is 121 Å². The van der Waals surface area contributed by atoms with Crippen LogP contribution in [0.3, 0.4) is 0 Å². The Balaban J connectivity index is 3.88. The average Bonchev–Trinajstić information content (AvgIpc) is 2.37. The van der Waals surface area contributed by atoms with Crippen LogP contribution in [0.1, 0.15) is 12.8 Å². The number of carboxylic acids is 2. The number of rotatable bonds is 10. The predicted octanol–water partition coefficient (Wildman–Crippen LogP) is 1.95. The molecule has 4 N–H and O–H groups in total. The molecule has 0 saturated heterocycles. The van der Waals surface area contributed by atoms with Gasteiger partial charge in [-0.05, 0) is 12.2 Å². The third kappa shape index (κ3) is 13.7. The second-order valence-corrected chi connectivity index (χ2v) is 3.82. The molecular weight excluding hydrogens is 280 g/mol. The Kier molecular flexibility index (Phi) is 9.93. The number of hydrogen-bond donors (Lipinski definition) is 4. The summed E-state index contributed by atoms with van der Waals surface area (Å²) in [6.45, 7) is 0.197. The molecule has 0 fully saturated rings. The van der Waals surface area contributed by atoms with Crippen LogP contribution in [-0.2, 0) is 14.3 Å². The number of aliphatic carboxylic acids is 2. The topological polar surface area (TPSA) is 124 Å². The number of ether oxygens (including phenoxy) is 1. The Morgan fingerprint density at radius 1 is 0.762 bits per heavy atom. The summed E-state index contributed by atoms with van der Waals surface area (Å²) in [5.74, 6) is -2.22. The first-order valence-electron chi connectivity index (χ1n) is 6.04. The van der Waals surface area contributed by atoms with Gasteiger partial charge in [0, 0.05) is 25.0 Å². The fourth-order valence-corrected chi connectivity index (χ4v) is 1.11. The molecule has 0 atom stereocenters. The largest absolute Gasteiger partial charge is 0.512 e. The van der Waals surface area contributed by atoms with E-state index in [0.29, 0.717) is 0 Å². The van der Waals surface area contributed by atoms with Crippen LogP contribution >= 0.6 is 0 Å². The molecule has 7 heteroatoms. The van der Waals surface area contributed by atoms with Crippen LogP contribution in [0.5, 0.6) is 0 Å².